The number of aryl methyl sites for hydroxylation is 1. The highest BCUT2D eigenvalue weighted by Crippen LogP contribution is 2.32. The summed E-state index contributed by atoms with van der Waals surface area (Å²) in [4.78, 5) is 0. The number of hydrogen-bond acceptors (Lipinski definition) is 2. The molecular weight excluding hydrogens is 266 g/mol. The fraction of sp³-hybridized carbons (Fsp3) is 0.750. The lowest BCUT2D eigenvalue weighted by Crippen LogP contribution is -2.28. The van der Waals surface area contributed by atoms with Gasteiger partial charge in [0.25, 0.3) is 0 Å². The van der Waals surface area contributed by atoms with Crippen molar-refractivity contribution in [3.8, 4) is 0 Å². The van der Waals surface area contributed by atoms with Crippen LogP contribution < -0.4 is 5.32 Å². The Morgan fingerprint density at radius 1 is 1.44 bits per heavy atom. The quantitative estimate of drug-likeness (QED) is 0.816. The van der Waals surface area contributed by atoms with Crippen molar-refractivity contribution in [3.05, 3.63) is 16.4 Å². The van der Waals surface area contributed by atoms with E-state index in [2.05, 4.69) is 58.7 Å². The maximum absolute atomic E-state index is 4.38. The van der Waals surface area contributed by atoms with E-state index >= 15 is 0 Å². The van der Waals surface area contributed by atoms with Gasteiger partial charge in [-0.1, -0.05) is 20.8 Å². The second-order valence-electron chi connectivity index (χ2n) is 4.64. The van der Waals surface area contributed by atoms with Crippen molar-refractivity contribution in [2.75, 3.05) is 13.1 Å². The molecule has 4 heteroatoms. The number of nitrogens with one attached hydrogen (secondary N) is 1. The lowest BCUT2D eigenvalue weighted by Gasteiger charge is -2.26. The normalized spacial score (nSPS) is 12.1. The van der Waals surface area contributed by atoms with E-state index in [4.69, 9.17) is 0 Å². The molecule has 0 aliphatic heterocycles. The Morgan fingerprint density at radius 3 is 2.69 bits per heavy atom. The SMILES string of the molecule is CCNCCC(C)(C)c1c(Br)cnn1CC. The summed E-state index contributed by atoms with van der Waals surface area (Å²) in [5.74, 6) is 0. The molecule has 1 N–H and O–H groups in total. The topological polar surface area (TPSA) is 29.9 Å². The minimum absolute atomic E-state index is 0.146. The summed E-state index contributed by atoms with van der Waals surface area (Å²) in [7, 11) is 0. The standard InChI is InChI=1S/C12H22BrN3/c1-5-14-8-7-12(3,4)11-10(13)9-15-16(11)6-2/h9,14H,5-8H2,1-4H3. The molecule has 3 nitrogen and oxygen atoms in total. The van der Waals surface area contributed by atoms with Crippen LogP contribution in [0.3, 0.4) is 0 Å². The van der Waals surface area contributed by atoms with Crippen LogP contribution in [0.2, 0.25) is 0 Å². The Morgan fingerprint density at radius 2 is 2.12 bits per heavy atom. The van der Waals surface area contributed by atoms with Crippen molar-refractivity contribution < 1.29 is 0 Å². The van der Waals surface area contributed by atoms with Crippen LogP contribution in [-0.2, 0) is 12.0 Å². The van der Waals surface area contributed by atoms with Gasteiger partial charge in [0.15, 0.2) is 0 Å². The van der Waals surface area contributed by atoms with Crippen LogP contribution in [-0.4, -0.2) is 22.9 Å². The molecule has 1 rings (SSSR count). The number of hydrogen-bond donors (Lipinski definition) is 1. The number of nitrogens with zero attached hydrogens (tertiary/aromatic N) is 2. The van der Waals surface area contributed by atoms with Gasteiger partial charge in [-0.3, -0.25) is 4.68 Å². The molecule has 1 heterocycles. The zero-order valence-corrected chi connectivity index (χ0v) is 12.3. The Hall–Kier alpha value is -0.350. The van der Waals surface area contributed by atoms with E-state index < -0.39 is 0 Å². The molecule has 92 valence electrons. The zero-order chi connectivity index (χ0) is 12.2. The molecule has 0 bridgehead atoms. The minimum atomic E-state index is 0.146. The molecule has 0 aliphatic carbocycles. The summed E-state index contributed by atoms with van der Waals surface area (Å²) >= 11 is 3.60. The molecule has 1 aromatic rings. The third-order valence-electron chi connectivity index (χ3n) is 2.91. The number of halogens is 1. The lowest BCUT2D eigenvalue weighted by molar-refractivity contribution is 0.416. The van der Waals surface area contributed by atoms with Crippen molar-refractivity contribution in [2.45, 2.75) is 46.1 Å². The van der Waals surface area contributed by atoms with Gasteiger partial charge in [0.2, 0.25) is 0 Å². The van der Waals surface area contributed by atoms with Gasteiger partial charge in [0, 0.05) is 12.0 Å². The van der Waals surface area contributed by atoms with Gasteiger partial charge in [-0.25, -0.2) is 0 Å². The average molecular weight is 288 g/mol. The first-order valence-electron chi connectivity index (χ1n) is 5.95. The molecule has 0 radical (unpaired) electrons. The second kappa shape index (κ2) is 5.82. The molecular formula is C12H22BrN3. The van der Waals surface area contributed by atoms with Crippen LogP contribution in [0.5, 0.6) is 0 Å². The van der Waals surface area contributed by atoms with Crippen molar-refractivity contribution in [3.63, 3.8) is 0 Å². The average Bonchev–Trinajstić information content (AvgIpc) is 2.60. The highest BCUT2D eigenvalue weighted by atomic mass is 79.9. The molecule has 0 aromatic carbocycles. The largest absolute Gasteiger partial charge is 0.317 e. The third kappa shape index (κ3) is 3.08. The molecule has 16 heavy (non-hydrogen) atoms. The predicted molar refractivity (Wildman–Crippen MR) is 71.8 cm³/mol. The van der Waals surface area contributed by atoms with Crippen LogP contribution >= 0.6 is 15.9 Å². The molecule has 0 saturated heterocycles. The molecule has 0 amide bonds. The Balaban J connectivity index is 2.83. The molecule has 0 saturated carbocycles. The fourth-order valence-corrected chi connectivity index (χ4v) is 2.80. The molecule has 1 aromatic heterocycles. The molecule has 0 atom stereocenters. The van der Waals surface area contributed by atoms with Crippen LogP contribution in [0.15, 0.2) is 10.7 Å². The predicted octanol–water partition coefficient (Wildman–Crippen LogP) is 2.94. The lowest BCUT2D eigenvalue weighted by atomic mass is 9.85. The summed E-state index contributed by atoms with van der Waals surface area (Å²) in [5, 5.41) is 7.76. The molecule has 0 fully saturated rings. The summed E-state index contributed by atoms with van der Waals surface area (Å²) < 4.78 is 3.20. The molecule has 0 unspecified atom stereocenters. The van der Waals surface area contributed by atoms with Crippen molar-refractivity contribution in [1.82, 2.24) is 15.1 Å². The van der Waals surface area contributed by atoms with Crippen molar-refractivity contribution in [1.29, 1.82) is 0 Å². The summed E-state index contributed by atoms with van der Waals surface area (Å²) in [6, 6.07) is 0. The monoisotopic (exact) mass is 287 g/mol. The summed E-state index contributed by atoms with van der Waals surface area (Å²) in [6.45, 7) is 11.8. The summed E-state index contributed by atoms with van der Waals surface area (Å²) in [5.41, 5.74) is 1.45. The van der Waals surface area contributed by atoms with Crippen LogP contribution in [0.4, 0.5) is 0 Å². The van der Waals surface area contributed by atoms with E-state index in [-0.39, 0.29) is 5.41 Å². The van der Waals surface area contributed by atoms with Crippen molar-refractivity contribution in [2.24, 2.45) is 0 Å². The maximum atomic E-state index is 4.38. The highest BCUT2D eigenvalue weighted by Gasteiger charge is 2.26. The smallest absolute Gasteiger partial charge is 0.0635 e. The third-order valence-corrected chi connectivity index (χ3v) is 3.49. The number of rotatable bonds is 6. The van der Waals surface area contributed by atoms with Gasteiger partial charge in [-0.15, -0.1) is 0 Å². The Bertz CT molecular complexity index is 331. The first-order valence-corrected chi connectivity index (χ1v) is 6.74. The van der Waals surface area contributed by atoms with Gasteiger partial charge < -0.3 is 5.32 Å². The first-order chi connectivity index (χ1) is 7.53. The van der Waals surface area contributed by atoms with Gasteiger partial charge in [-0.05, 0) is 42.4 Å². The highest BCUT2D eigenvalue weighted by molar-refractivity contribution is 9.10. The Labute approximate surface area is 107 Å². The van der Waals surface area contributed by atoms with Gasteiger partial charge in [0.1, 0.15) is 0 Å². The van der Waals surface area contributed by atoms with E-state index in [1.807, 2.05) is 6.20 Å². The van der Waals surface area contributed by atoms with E-state index in [1.165, 1.54) is 5.69 Å². The van der Waals surface area contributed by atoms with Crippen molar-refractivity contribution >= 4 is 15.9 Å². The number of aromatic nitrogens is 2. The van der Waals surface area contributed by atoms with Gasteiger partial charge in [0.05, 0.1) is 16.4 Å². The maximum Gasteiger partial charge on any atom is 0.0635 e. The zero-order valence-electron chi connectivity index (χ0n) is 10.7. The van der Waals surface area contributed by atoms with Crippen LogP contribution in [0.25, 0.3) is 0 Å². The second-order valence-corrected chi connectivity index (χ2v) is 5.50. The van der Waals surface area contributed by atoms with Crippen LogP contribution in [0.1, 0.15) is 39.8 Å². The van der Waals surface area contributed by atoms with Gasteiger partial charge >= 0.3 is 0 Å². The van der Waals surface area contributed by atoms with E-state index in [9.17, 15) is 0 Å². The Kier molecular flexibility index (Phi) is 4.99. The fourth-order valence-electron chi connectivity index (χ4n) is 1.97. The van der Waals surface area contributed by atoms with Gasteiger partial charge in [-0.2, -0.15) is 5.10 Å². The molecule has 0 aliphatic rings. The van der Waals surface area contributed by atoms with E-state index in [0.29, 0.717) is 0 Å². The van der Waals surface area contributed by atoms with E-state index in [0.717, 1.165) is 30.5 Å². The van der Waals surface area contributed by atoms with E-state index in [1.54, 1.807) is 0 Å². The first kappa shape index (κ1) is 13.7. The summed E-state index contributed by atoms with van der Waals surface area (Å²) in [6.07, 6.45) is 3.01. The minimum Gasteiger partial charge on any atom is -0.317 e. The molecule has 0 spiro atoms. The van der Waals surface area contributed by atoms with Crippen LogP contribution in [0, 0.1) is 0 Å².